The average molecular weight is 363 g/mol. The Morgan fingerprint density at radius 3 is 2.12 bits per heavy atom. The van der Waals surface area contributed by atoms with Gasteiger partial charge in [-0.15, -0.1) is 0 Å². The van der Waals surface area contributed by atoms with E-state index in [2.05, 4.69) is 18.7 Å². The van der Waals surface area contributed by atoms with Gasteiger partial charge < -0.3 is 9.80 Å². The van der Waals surface area contributed by atoms with E-state index in [0.717, 1.165) is 39.0 Å². The molecule has 0 aromatic carbocycles. The molecule has 1 saturated carbocycles. The van der Waals surface area contributed by atoms with Crippen molar-refractivity contribution in [3.63, 3.8) is 0 Å². The van der Waals surface area contributed by atoms with Crippen LogP contribution in [0.15, 0.2) is 0 Å². The zero-order chi connectivity index (χ0) is 19.2. The molecule has 0 bridgehead atoms. The second kappa shape index (κ2) is 6.83. The van der Waals surface area contributed by atoms with Crippen molar-refractivity contribution in [3.05, 3.63) is 0 Å². The summed E-state index contributed by atoms with van der Waals surface area (Å²) in [5, 5.41) is 0. The van der Waals surface area contributed by atoms with Gasteiger partial charge >= 0.3 is 0 Å². The van der Waals surface area contributed by atoms with Crippen LogP contribution in [-0.4, -0.2) is 47.8 Å². The van der Waals surface area contributed by atoms with E-state index in [-0.39, 0.29) is 16.7 Å². The van der Waals surface area contributed by atoms with E-state index in [9.17, 15) is 9.59 Å². The second-order valence-corrected chi connectivity index (χ2v) is 11.0. The first-order valence-electron chi connectivity index (χ1n) is 10.6. The van der Waals surface area contributed by atoms with Crippen LogP contribution in [0.5, 0.6) is 0 Å². The molecule has 2 saturated heterocycles. The predicted molar refractivity (Wildman–Crippen MR) is 105 cm³/mol. The lowest BCUT2D eigenvalue weighted by Gasteiger charge is -2.54. The molecule has 0 aromatic rings. The first-order chi connectivity index (χ1) is 12.0. The van der Waals surface area contributed by atoms with Gasteiger partial charge in [-0.2, -0.15) is 0 Å². The van der Waals surface area contributed by atoms with Crippen molar-refractivity contribution in [2.24, 2.45) is 22.2 Å². The van der Waals surface area contributed by atoms with Gasteiger partial charge in [0.05, 0.1) is 0 Å². The molecular formula is C22H38N2O2. The van der Waals surface area contributed by atoms with E-state index in [1.807, 2.05) is 25.7 Å². The van der Waals surface area contributed by atoms with Crippen LogP contribution in [0.25, 0.3) is 0 Å². The third kappa shape index (κ3) is 3.94. The van der Waals surface area contributed by atoms with Gasteiger partial charge in [0.2, 0.25) is 11.8 Å². The Balaban J connectivity index is 1.51. The lowest BCUT2D eigenvalue weighted by Crippen LogP contribution is -2.61. The Hall–Kier alpha value is -1.06. The molecule has 3 aliphatic rings. The van der Waals surface area contributed by atoms with E-state index in [0.29, 0.717) is 17.2 Å². The first kappa shape index (κ1) is 19.7. The van der Waals surface area contributed by atoms with Crippen LogP contribution in [0.4, 0.5) is 0 Å². The molecule has 1 spiro atoms. The predicted octanol–water partition coefficient (Wildman–Crippen LogP) is 4.09. The lowest BCUT2D eigenvalue weighted by atomic mass is 9.67. The number of rotatable bonds is 3. The summed E-state index contributed by atoms with van der Waals surface area (Å²) in [5.74, 6) is 1.02. The fourth-order valence-corrected chi connectivity index (χ4v) is 5.42. The second-order valence-electron chi connectivity index (χ2n) is 11.0. The van der Waals surface area contributed by atoms with E-state index < -0.39 is 0 Å². The van der Waals surface area contributed by atoms with Crippen molar-refractivity contribution < 1.29 is 9.59 Å². The zero-order valence-corrected chi connectivity index (χ0v) is 17.6. The zero-order valence-electron chi connectivity index (χ0n) is 17.6. The monoisotopic (exact) mass is 362 g/mol. The van der Waals surface area contributed by atoms with Crippen LogP contribution in [0.3, 0.4) is 0 Å². The maximum Gasteiger partial charge on any atom is 0.228 e. The van der Waals surface area contributed by atoms with Gasteiger partial charge in [0.25, 0.3) is 0 Å². The third-order valence-corrected chi connectivity index (χ3v) is 6.85. The standard InChI is InChI=1S/C22H38N2O2/c1-20(2,3)18(25)23-12-9-17(14-23)13-21(4,5)19(26)24-15-22(16-24)10-7-6-8-11-22/h17H,6-16H2,1-5H3. The third-order valence-electron chi connectivity index (χ3n) is 6.85. The molecule has 4 heteroatoms. The Bertz CT molecular complexity index is 547. The summed E-state index contributed by atoms with van der Waals surface area (Å²) >= 11 is 0. The number of carbonyl (C=O) groups excluding carboxylic acids is 2. The molecule has 2 aliphatic heterocycles. The van der Waals surface area contributed by atoms with Crippen molar-refractivity contribution >= 4 is 11.8 Å². The van der Waals surface area contributed by atoms with Crippen molar-refractivity contribution in [3.8, 4) is 0 Å². The highest BCUT2D eigenvalue weighted by atomic mass is 16.2. The highest BCUT2D eigenvalue weighted by Crippen LogP contribution is 2.46. The van der Waals surface area contributed by atoms with Gasteiger partial charge in [-0.25, -0.2) is 0 Å². The van der Waals surface area contributed by atoms with Crippen LogP contribution in [-0.2, 0) is 9.59 Å². The molecular weight excluding hydrogens is 324 g/mol. The smallest absolute Gasteiger partial charge is 0.228 e. The maximum absolute atomic E-state index is 13.1. The molecule has 2 amide bonds. The first-order valence-corrected chi connectivity index (χ1v) is 10.6. The Morgan fingerprint density at radius 2 is 1.54 bits per heavy atom. The van der Waals surface area contributed by atoms with Gasteiger partial charge in [-0.1, -0.05) is 53.9 Å². The number of carbonyl (C=O) groups is 2. The summed E-state index contributed by atoms with van der Waals surface area (Å²) in [6.07, 6.45) is 8.59. The van der Waals surface area contributed by atoms with Gasteiger partial charge in [-0.3, -0.25) is 9.59 Å². The molecule has 148 valence electrons. The maximum atomic E-state index is 13.1. The number of likely N-dealkylation sites (tertiary alicyclic amines) is 2. The molecule has 2 heterocycles. The van der Waals surface area contributed by atoms with Crippen molar-refractivity contribution in [2.75, 3.05) is 26.2 Å². The lowest BCUT2D eigenvalue weighted by molar-refractivity contribution is -0.156. The molecule has 3 rings (SSSR count). The highest BCUT2D eigenvalue weighted by molar-refractivity contribution is 5.83. The molecule has 0 aromatic heterocycles. The van der Waals surface area contributed by atoms with Crippen LogP contribution in [0, 0.1) is 22.2 Å². The molecule has 1 atom stereocenters. The average Bonchev–Trinajstić information content (AvgIpc) is 2.98. The highest BCUT2D eigenvalue weighted by Gasteiger charge is 2.48. The van der Waals surface area contributed by atoms with Crippen molar-refractivity contribution in [1.29, 1.82) is 0 Å². The summed E-state index contributed by atoms with van der Waals surface area (Å²) in [6, 6.07) is 0. The summed E-state index contributed by atoms with van der Waals surface area (Å²) in [7, 11) is 0. The van der Waals surface area contributed by atoms with E-state index >= 15 is 0 Å². The Labute approximate surface area is 159 Å². The molecule has 0 N–H and O–H groups in total. The minimum Gasteiger partial charge on any atom is -0.342 e. The van der Waals surface area contributed by atoms with Crippen LogP contribution >= 0.6 is 0 Å². The molecule has 1 unspecified atom stereocenters. The van der Waals surface area contributed by atoms with Gasteiger partial charge in [-0.05, 0) is 31.6 Å². The summed E-state index contributed by atoms with van der Waals surface area (Å²) in [4.78, 5) is 29.7. The number of amides is 2. The van der Waals surface area contributed by atoms with Crippen molar-refractivity contribution in [1.82, 2.24) is 9.80 Å². The number of hydrogen-bond acceptors (Lipinski definition) is 2. The van der Waals surface area contributed by atoms with E-state index in [1.54, 1.807) is 0 Å². The topological polar surface area (TPSA) is 40.6 Å². The minimum atomic E-state index is -0.318. The minimum absolute atomic E-state index is 0.242. The summed E-state index contributed by atoms with van der Waals surface area (Å²) in [6.45, 7) is 13.8. The van der Waals surface area contributed by atoms with Gasteiger partial charge in [0, 0.05) is 42.4 Å². The van der Waals surface area contributed by atoms with Gasteiger partial charge in [0.1, 0.15) is 0 Å². The molecule has 4 nitrogen and oxygen atoms in total. The fraction of sp³-hybridized carbons (Fsp3) is 0.909. The number of hydrogen-bond donors (Lipinski definition) is 0. The van der Waals surface area contributed by atoms with E-state index in [4.69, 9.17) is 0 Å². The molecule has 3 fully saturated rings. The van der Waals surface area contributed by atoms with E-state index in [1.165, 1.54) is 32.1 Å². The normalized spacial score (nSPS) is 26.1. The van der Waals surface area contributed by atoms with Crippen molar-refractivity contribution in [2.45, 2.75) is 79.6 Å². The van der Waals surface area contributed by atoms with Gasteiger partial charge in [0.15, 0.2) is 0 Å². The SMILES string of the molecule is CC(C)(C)C(=O)N1CCC(CC(C)(C)C(=O)N2CC3(CCCCC3)C2)C1. The quantitative estimate of drug-likeness (QED) is 0.759. The molecule has 26 heavy (non-hydrogen) atoms. The van der Waals surface area contributed by atoms with Crippen LogP contribution in [0.2, 0.25) is 0 Å². The largest absolute Gasteiger partial charge is 0.342 e. The number of nitrogens with zero attached hydrogens (tertiary/aromatic N) is 2. The molecule has 1 aliphatic carbocycles. The summed E-state index contributed by atoms with van der Waals surface area (Å²) in [5.41, 5.74) is -0.179. The molecule has 0 radical (unpaired) electrons. The van der Waals surface area contributed by atoms with Crippen LogP contribution in [0.1, 0.15) is 79.6 Å². The Kier molecular flexibility index (Phi) is 5.18. The van der Waals surface area contributed by atoms with Crippen LogP contribution < -0.4 is 0 Å². The Morgan fingerprint density at radius 1 is 0.923 bits per heavy atom. The fourth-order valence-electron chi connectivity index (χ4n) is 5.42. The summed E-state index contributed by atoms with van der Waals surface area (Å²) < 4.78 is 0.